The summed E-state index contributed by atoms with van der Waals surface area (Å²) in [6.07, 6.45) is 12.9. The first-order valence-electron chi connectivity index (χ1n) is 5.21. The van der Waals surface area contributed by atoms with Gasteiger partial charge in [-0.3, -0.25) is 0 Å². The van der Waals surface area contributed by atoms with E-state index in [2.05, 4.69) is 37.6 Å². The molecule has 90 valence electrons. The molecule has 1 aromatic heterocycles. The van der Waals surface area contributed by atoms with E-state index in [1.54, 1.807) is 0 Å². The zero-order valence-electron chi connectivity index (χ0n) is 10.3. The number of aryl methyl sites for hydroxylation is 2. The van der Waals surface area contributed by atoms with Gasteiger partial charge >= 0.3 is 0 Å². The summed E-state index contributed by atoms with van der Waals surface area (Å²) in [5.41, 5.74) is 2.60. The van der Waals surface area contributed by atoms with Crippen LogP contribution in [0.15, 0.2) is 49.2 Å². The summed E-state index contributed by atoms with van der Waals surface area (Å²) < 4.78 is 0. The van der Waals surface area contributed by atoms with Gasteiger partial charge in [-0.05, 0) is 38.8 Å². The van der Waals surface area contributed by atoms with E-state index >= 15 is 0 Å². The zero-order chi connectivity index (χ0) is 11.5. The van der Waals surface area contributed by atoms with E-state index in [-0.39, 0.29) is 19.5 Å². The molecule has 0 saturated heterocycles. The van der Waals surface area contributed by atoms with Gasteiger partial charge in [-0.1, -0.05) is 30.4 Å². The van der Waals surface area contributed by atoms with E-state index < -0.39 is 0 Å². The van der Waals surface area contributed by atoms with Crippen LogP contribution >= 0.6 is 0 Å². The van der Waals surface area contributed by atoms with Gasteiger partial charge in [0.25, 0.3) is 0 Å². The second kappa shape index (κ2) is 12.2. The van der Waals surface area contributed by atoms with Crippen molar-refractivity contribution in [3.63, 3.8) is 0 Å². The summed E-state index contributed by atoms with van der Waals surface area (Å²) in [6.45, 7) is 9.74. The Labute approximate surface area is 112 Å². The topological polar surface area (TPSA) is 15.8 Å². The van der Waals surface area contributed by atoms with E-state index in [0.29, 0.717) is 0 Å². The molecule has 0 fully saturated rings. The van der Waals surface area contributed by atoms with Gasteiger partial charge in [-0.2, -0.15) is 0 Å². The molecule has 0 aliphatic heterocycles. The van der Waals surface area contributed by atoms with Crippen LogP contribution in [0.3, 0.4) is 0 Å². The molecule has 1 aromatic rings. The normalized spacial score (nSPS) is 9.69. The Kier molecular flexibility index (Phi) is 13.3. The largest absolute Gasteiger partial charge is 0.365 e. The molecule has 0 aliphatic carbocycles. The SMILES string of the molecule is C=CCC=CC=CC.Cc1cc[nH]c1C.[Ru]. The number of rotatable bonds is 3. The van der Waals surface area contributed by atoms with Gasteiger partial charge in [-0.25, -0.2) is 0 Å². The Balaban J connectivity index is 0. The Morgan fingerprint density at radius 3 is 2.31 bits per heavy atom. The molecule has 0 amide bonds. The molecule has 2 heteroatoms. The van der Waals surface area contributed by atoms with Gasteiger partial charge in [0.2, 0.25) is 0 Å². The summed E-state index contributed by atoms with van der Waals surface area (Å²) in [4.78, 5) is 3.07. The minimum atomic E-state index is 0. The molecular weight excluding hydrogens is 283 g/mol. The third-order valence-electron chi connectivity index (χ3n) is 1.97. The first kappa shape index (κ1) is 17.5. The molecule has 1 heterocycles. The second-order valence-electron chi connectivity index (χ2n) is 3.26. The molecule has 0 saturated carbocycles. The van der Waals surface area contributed by atoms with Crippen molar-refractivity contribution in [1.82, 2.24) is 4.98 Å². The maximum Gasteiger partial charge on any atom is 0.0145 e. The standard InChI is InChI=1S/C8H12.C6H9N.Ru/c1-3-5-7-8-6-4-2;1-5-3-4-7-6(5)2;/h3-4,6-8H,1,5H2,2H3;3-4,7H,1-2H3;. The van der Waals surface area contributed by atoms with Crippen molar-refractivity contribution in [2.24, 2.45) is 0 Å². The molecule has 0 bridgehead atoms. The fourth-order valence-corrected chi connectivity index (χ4v) is 0.895. The second-order valence-corrected chi connectivity index (χ2v) is 3.26. The number of nitrogens with one attached hydrogen (secondary N) is 1. The van der Waals surface area contributed by atoms with Crippen LogP contribution in [-0.2, 0) is 19.5 Å². The molecule has 1 rings (SSSR count). The Bertz CT molecular complexity index is 305. The van der Waals surface area contributed by atoms with Gasteiger partial charge < -0.3 is 4.98 Å². The van der Waals surface area contributed by atoms with Crippen LogP contribution in [0, 0.1) is 13.8 Å². The van der Waals surface area contributed by atoms with E-state index in [9.17, 15) is 0 Å². The summed E-state index contributed by atoms with van der Waals surface area (Å²) in [7, 11) is 0. The van der Waals surface area contributed by atoms with E-state index in [1.165, 1.54) is 11.3 Å². The van der Waals surface area contributed by atoms with E-state index in [1.807, 2.05) is 37.4 Å². The Hall–Kier alpha value is -0.877. The number of hydrogen-bond acceptors (Lipinski definition) is 0. The predicted molar refractivity (Wildman–Crippen MR) is 69.0 cm³/mol. The average Bonchev–Trinajstić information content (AvgIpc) is 2.60. The zero-order valence-corrected chi connectivity index (χ0v) is 12.0. The third kappa shape index (κ3) is 9.67. The van der Waals surface area contributed by atoms with Gasteiger partial charge in [0, 0.05) is 31.4 Å². The van der Waals surface area contributed by atoms with Crippen molar-refractivity contribution in [2.75, 3.05) is 0 Å². The molecule has 0 unspecified atom stereocenters. The van der Waals surface area contributed by atoms with Crippen molar-refractivity contribution in [2.45, 2.75) is 27.2 Å². The molecule has 0 aliphatic rings. The number of aromatic amines is 1. The molecule has 0 aromatic carbocycles. The summed E-state index contributed by atoms with van der Waals surface area (Å²) in [5, 5.41) is 0. The fraction of sp³-hybridized carbons (Fsp3) is 0.286. The average molecular weight is 304 g/mol. The van der Waals surface area contributed by atoms with Crippen LogP contribution in [0.25, 0.3) is 0 Å². The number of H-pyrrole nitrogens is 1. The monoisotopic (exact) mass is 305 g/mol. The number of aromatic nitrogens is 1. The van der Waals surface area contributed by atoms with E-state index in [0.717, 1.165) is 6.42 Å². The van der Waals surface area contributed by atoms with Crippen molar-refractivity contribution < 1.29 is 19.5 Å². The fourth-order valence-electron chi connectivity index (χ4n) is 0.895. The van der Waals surface area contributed by atoms with Gasteiger partial charge in [0.15, 0.2) is 0 Å². The minimum absolute atomic E-state index is 0. The van der Waals surface area contributed by atoms with Crippen molar-refractivity contribution in [1.29, 1.82) is 0 Å². The molecular formula is C14H21NRu. The molecule has 16 heavy (non-hydrogen) atoms. The molecule has 0 spiro atoms. The van der Waals surface area contributed by atoms with Crippen molar-refractivity contribution in [3.05, 3.63) is 60.5 Å². The van der Waals surface area contributed by atoms with E-state index in [4.69, 9.17) is 0 Å². The molecule has 1 N–H and O–H groups in total. The van der Waals surface area contributed by atoms with Crippen LogP contribution in [-0.4, -0.2) is 4.98 Å². The molecule has 1 nitrogen and oxygen atoms in total. The molecule has 0 radical (unpaired) electrons. The summed E-state index contributed by atoms with van der Waals surface area (Å²) >= 11 is 0. The van der Waals surface area contributed by atoms with Crippen molar-refractivity contribution in [3.8, 4) is 0 Å². The van der Waals surface area contributed by atoms with Crippen LogP contribution in [0.5, 0.6) is 0 Å². The van der Waals surface area contributed by atoms with Crippen LogP contribution < -0.4 is 0 Å². The maximum atomic E-state index is 3.58. The first-order valence-corrected chi connectivity index (χ1v) is 5.21. The quantitative estimate of drug-likeness (QED) is 0.486. The first-order chi connectivity index (χ1) is 7.22. The van der Waals surface area contributed by atoms with Crippen LogP contribution in [0.4, 0.5) is 0 Å². The Morgan fingerprint density at radius 1 is 1.31 bits per heavy atom. The maximum absolute atomic E-state index is 3.58. The number of allylic oxidation sites excluding steroid dienone is 5. The van der Waals surface area contributed by atoms with Gasteiger partial charge in [0.1, 0.15) is 0 Å². The third-order valence-corrected chi connectivity index (χ3v) is 1.97. The van der Waals surface area contributed by atoms with Crippen molar-refractivity contribution >= 4 is 0 Å². The Morgan fingerprint density at radius 2 is 2.00 bits per heavy atom. The number of hydrogen-bond donors (Lipinski definition) is 1. The smallest absolute Gasteiger partial charge is 0.0145 e. The summed E-state index contributed by atoms with van der Waals surface area (Å²) in [6, 6.07) is 2.06. The predicted octanol–water partition coefficient (Wildman–Crippen LogP) is 4.32. The minimum Gasteiger partial charge on any atom is -0.365 e. The molecule has 0 atom stereocenters. The summed E-state index contributed by atoms with van der Waals surface area (Å²) in [5.74, 6) is 0. The van der Waals surface area contributed by atoms with Crippen LogP contribution in [0.2, 0.25) is 0 Å². The van der Waals surface area contributed by atoms with Gasteiger partial charge in [-0.15, -0.1) is 6.58 Å². The van der Waals surface area contributed by atoms with Crippen LogP contribution in [0.1, 0.15) is 24.6 Å². The van der Waals surface area contributed by atoms with Gasteiger partial charge in [0.05, 0.1) is 0 Å².